The number of amides is 1. The second-order valence-electron chi connectivity index (χ2n) is 3.52. The molecule has 0 aromatic heterocycles. The van der Waals surface area contributed by atoms with Crippen LogP contribution in [-0.4, -0.2) is 17.0 Å². The topological polar surface area (TPSA) is 66.4 Å². The van der Waals surface area contributed by atoms with E-state index in [1.165, 1.54) is 0 Å². The molecule has 0 fully saturated rings. The van der Waals surface area contributed by atoms with Gasteiger partial charge in [0.05, 0.1) is 6.42 Å². The van der Waals surface area contributed by atoms with Crippen LogP contribution < -0.4 is 5.32 Å². The Labute approximate surface area is 99.7 Å². The number of hydrogen-bond acceptors (Lipinski definition) is 2. The lowest BCUT2D eigenvalue weighted by Gasteiger charge is -2.05. The van der Waals surface area contributed by atoms with E-state index < -0.39 is 5.97 Å². The van der Waals surface area contributed by atoms with E-state index in [1.807, 2.05) is 0 Å². The maximum atomic E-state index is 11.4. The molecule has 0 unspecified atom stereocenters. The average Bonchev–Trinajstić information content (AvgIpc) is 2.26. The number of terminal acetylenes is 1. The Bertz CT molecular complexity index is 460. The third kappa shape index (κ3) is 4.85. The van der Waals surface area contributed by atoms with E-state index in [0.29, 0.717) is 17.7 Å². The Morgan fingerprint density at radius 2 is 2.18 bits per heavy atom. The van der Waals surface area contributed by atoms with Crippen molar-refractivity contribution in [2.24, 2.45) is 0 Å². The zero-order valence-corrected chi connectivity index (χ0v) is 9.27. The molecule has 0 radical (unpaired) electrons. The number of carboxylic acid groups (broad SMARTS) is 1. The van der Waals surface area contributed by atoms with Gasteiger partial charge in [0, 0.05) is 18.5 Å². The van der Waals surface area contributed by atoms with E-state index in [1.54, 1.807) is 24.3 Å². The predicted octanol–water partition coefficient (Wildman–Crippen LogP) is 1.67. The lowest BCUT2D eigenvalue weighted by molar-refractivity contribution is -0.136. The van der Waals surface area contributed by atoms with Crippen LogP contribution in [-0.2, 0) is 16.0 Å². The minimum atomic E-state index is -0.902. The van der Waals surface area contributed by atoms with Crippen molar-refractivity contribution in [1.82, 2.24) is 0 Å². The quantitative estimate of drug-likeness (QED) is 0.757. The highest BCUT2D eigenvalue weighted by Crippen LogP contribution is 2.11. The minimum Gasteiger partial charge on any atom is -0.481 e. The third-order valence-electron chi connectivity index (χ3n) is 2.06. The molecule has 1 aromatic rings. The van der Waals surface area contributed by atoms with Crippen molar-refractivity contribution in [1.29, 1.82) is 0 Å². The van der Waals surface area contributed by atoms with Crippen molar-refractivity contribution in [3.63, 3.8) is 0 Å². The summed E-state index contributed by atoms with van der Waals surface area (Å²) in [5.41, 5.74) is 1.23. The standard InChI is InChI=1S/C13H13NO3/c1-2-3-7-12(15)14-11-6-4-5-10(8-11)9-13(16)17/h1,4-6,8H,3,7,9H2,(H,14,15)(H,16,17). The Kier molecular flexibility index (Phi) is 4.77. The van der Waals surface area contributed by atoms with Crippen LogP contribution in [0, 0.1) is 12.3 Å². The molecule has 0 bridgehead atoms. The first-order valence-corrected chi connectivity index (χ1v) is 5.16. The number of benzene rings is 1. The molecule has 1 aromatic carbocycles. The molecular formula is C13H13NO3. The number of nitrogens with one attached hydrogen (secondary N) is 1. The molecule has 0 aliphatic carbocycles. The summed E-state index contributed by atoms with van der Waals surface area (Å²) in [7, 11) is 0. The Balaban J connectivity index is 2.62. The van der Waals surface area contributed by atoms with E-state index in [2.05, 4.69) is 11.2 Å². The molecular weight excluding hydrogens is 218 g/mol. The van der Waals surface area contributed by atoms with Gasteiger partial charge in [0.15, 0.2) is 0 Å². The first-order chi connectivity index (χ1) is 8.11. The fourth-order valence-electron chi connectivity index (χ4n) is 1.34. The number of hydrogen-bond donors (Lipinski definition) is 2. The highest BCUT2D eigenvalue weighted by molar-refractivity contribution is 5.91. The molecule has 0 heterocycles. The van der Waals surface area contributed by atoms with Gasteiger partial charge in [-0.25, -0.2) is 0 Å². The molecule has 17 heavy (non-hydrogen) atoms. The summed E-state index contributed by atoms with van der Waals surface area (Å²) in [4.78, 5) is 21.9. The fraction of sp³-hybridized carbons (Fsp3) is 0.231. The molecule has 0 saturated heterocycles. The van der Waals surface area contributed by atoms with E-state index in [0.717, 1.165) is 0 Å². The Morgan fingerprint density at radius 3 is 2.82 bits per heavy atom. The lowest BCUT2D eigenvalue weighted by Crippen LogP contribution is -2.11. The normalized spacial score (nSPS) is 9.35. The summed E-state index contributed by atoms with van der Waals surface area (Å²) in [6, 6.07) is 6.75. The molecule has 4 heteroatoms. The number of carbonyl (C=O) groups is 2. The summed E-state index contributed by atoms with van der Waals surface area (Å²) < 4.78 is 0. The average molecular weight is 231 g/mol. The number of aliphatic carboxylic acids is 1. The molecule has 1 amide bonds. The number of carbonyl (C=O) groups excluding carboxylic acids is 1. The second-order valence-corrected chi connectivity index (χ2v) is 3.52. The third-order valence-corrected chi connectivity index (χ3v) is 2.06. The van der Waals surface area contributed by atoms with Gasteiger partial charge in [0.1, 0.15) is 0 Å². The first-order valence-electron chi connectivity index (χ1n) is 5.16. The van der Waals surface area contributed by atoms with Gasteiger partial charge in [-0.1, -0.05) is 12.1 Å². The van der Waals surface area contributed by atoms with Gasteiger partial charge >= 0.3 is 5.97 Å². The minimum absolute atomic E-state index is 0.0614. The van der Waals surface area contributed by atoms with Crippen molar-refractivity contribution >= 4 is 17.6 Å². The SMILES string of the molecule is C#CCCC(=O)Nc1cccc(CC(=O)O)c1. The highest BCUT2D eigenvalue weighted by atomic mass is 16.4. The smallest absolute Gasteiger partial charge is 0.307 e. The van der Waals surface area contributed by atoms with Crippen molar-refractivity contribution in [2.75, 3.05) is 5.32 Å². The zero-order chi connectivity index (χ0) is 12.7. The molecule has 4 nitrogen and oxygen atoms in total. The van der Waals surface area contributed by atoms with Gasteiger partial charge in [-0.2, -0.15) is 0 Å². The molecule has 0 atom stereocenters. The maximum Gasteiger partial charge on any atom is 0.307 e. The number of anilines is 1. The Hall–Kier alpha value is -2.28. The molecule has 88 valence electrons. The van der Waals surface area contributed by atoms with Crippen molar-refractivity contribution < 1.29 is 14.7 Å². The molecule has 0 aliphatic heterocycles. The van der Waals surface area contributed by atoms with E-state index in [-0.39, 0.29) is 18.7 Å². The van der Waals surface area contributed by atoms with Gasteiger partial charge in [-0.15, -0.1) is 12.3 Å². The number of rotatable bonds is 5. The van der Waals surface area contributed by atoms with Crippen LogP contribution in [0.4, 0.5) is 5.69 Å². The highest BCUT2D eigenvalue weighted by Gasteiger charge is 2.04. The number of carboxylic acids is 1. The summed E-state index contributed by atoms with van der Waals surface area (Å²) in [6.45, 7) is 0. The lowest BCUT2D eigenvalue weighted by atomic mass is 10.1. The van der Waals surface area contributed by atoms with Gasteiger partial charge in [0.25, 0.3) is 0 Å². The van der Waals surface area contributed by atoms with Crippen molar-refractivity contribution in [3.05, 3.63) is 29.8 Å². The molecule has 0 aliphatic rings. The van der Waals surface area contributed by atoms with Crippen LogP contribution in [0.5, 0.6) is 0 Å². The van der Waals surface area contributed by atoms with Crippen LogP contribution >= 0.6 is 0 Å². The largest absolute Gasteiger partial charge is 0.481 e. The van der Waals surface area contributed by atoms with Crippen LogP contribution in [0.15, 0.2) is 24.3 Å². The summed E-state index contributed by atoms with van der Waals surface area (Å²) in [5.74, 6) is 1.31. The molecule has 2 N–H and O–H groups in total. The van der Waals surface area contributed by atoms with Crippen LogP contribution in [0.25, 0.3) is 0 Å². The first kappa shape index (κ1) is 12.8. The van der Waals surface area contributed by atoms with E-state index >= 15 is 0 Å². The van der Waals surface area contributed by atoms with Crippen LogP contribution in [0.2, 0.25) is 0 Å². The van der Waals surface area contributed by atoms with E-state index in [4.69, 9.17) is 11.5 Å². The predicted molar refractivity (Wildman–Crippen MR) is 64.5 cm³/mol. The molecule has 0 saturated carbocycles. The van der Waals surface area contributed by atoms with Gasteiger partial charge < -0.3 is 10.4 Å². The fourth-order valence-corrected chi connectivity index (χ4v) is 1.34. The van der Waals surface area contributed by atoms with Crippen molar-refractivity contribution in [2.45, 2.75) is 19.3 Å². The summed E-state index contributed by atoms with van der Waals surface area (Å²) in [6.07, 6.45) is 5.65. The summed E-state index contributed by atoms with van der Waals surface area (Å²) >= 11 is 0. The molecule has 0 spiro atoms. The van der Waals surface area contributed by atoms with Gasteiger partial charge in [0.2, 0.25) is 5.91 Å². The Morgan fingerprint density at radius 1 is 1.41 bits per heavy atom. The molecule has 1 rings (SSSR count). The van der Waals surface area contributed by atoms with Crippen LogP contribution in [0.1, 0.15) is 18.4 Å². The summed E-state index contributed by atoms with van der Waals surface area (Å²) in [5, 5.41) is 11.3. The van der Waals surface area contributed by atoms with Crippen LogP contribution in [0.3, 0.4) is 0 Å². The maximum absolute atomic E-state index is 11.4. The second kappa shape index (κ2) is 6.33. The van der Waals surface area contributed by atoms with Gasteiger partial charge in [-0.05, 0) is 17.7 Å². The monoisotopic (exact) mass is 231 g/mol. The van der Waals surface area contributed by atoms with E-state index in [9.17, 15) is 9.59 Å². The van der Waals surface area contributed by atoms with Gasteiger partial charge in [-0.3, -0.25) is 9.59 Å². The van der Waals surface area contributed by atoms with Crippen molar-refractivity contribution in [3.8, 4) is 12.3 Å². The zero-order valence-electron chi connectivity index (χ0n) is 9.27.